The molecule has 1 aliphatic carbocycles. The van der Waals surface area contributed by atoms with Gasteiger partial charge in [0, 0.05) is 0 Å². The molecule has 4 nitrogen and oxygen atoms in total. The summed E-state index contributed by atoms with van der Waals surface area (Å²) in [6.07, 6.45) is 9.09. The van der Waals surface area contributed by atoms with E-state index >= 15 is 0 Å². The number of aromatic hydroxyl groups is 2. The van der Waals surface area contributed by atoms with Crippen LogP contribution in [-0.4, -0.2) is 42.0 Å². The summed E-state index contributed by atoms with van der Waals surface area (Å²) >= 11 is 1.10. The summed E-state index contributed by atoms with van der Waals surface area (Å²) in [5.41, 5.74) is 5.89. The van der Waals surface area contributed by atoms with E-state index in [9.17, 15) is 10.2 Å². The van der Waals surface area contributed by atoms with Gasteiger partial charge in [0.05, 0.1) is 0 Å². The van der Waals surface area contributed by atoms with Gasteiger partial charge in [-0.15, -0.1) is 0 Å². The third-order valence-corrected chi connectivity index (χ3v) is 10.0. The van der Waals surface area contributed by atoms with Gasteiger partial charge < -0.3 is 0 Å². The molecular formula is C36H54CoN2O2+2. The van der Waals surface area contributed by atoms with Gasteiger partial charge in [-0.3, -0.25) is 0 Å². The van der Waals surface area contributed by atoms with Crippen LogP contribution in [0.25, 0.3) is 0 Å². The van der Waals surface area contributed by atoms with Crippen molar-refractivity contribution in [3.63, 3.8) is 0 Å². The van der Waals surface area contributed by atoms with Crippen LogP contribution in [0.1, 0.15) is 142 Å². The third kappa shape index (κ3) is 6.77. The van der Waals surface area contributed by atoms with E-state index in [0.717, 1.165) is 50.2 Å². The van der Waals surface area contributed by atoms with Gasteiger partial charge >= 0.3 is 257 Å². The van der Waals surface area contributed by atoms with Gasteiger partial charge in [-0.25, -0.2) is 0 Å². The van der Waals surface area contributed by atoms with Crippen molar-refractivity contribution < 1.29 is 32.6 Å². The molecule has 0 unspecified atom stereocenters. The molecule has 2 aromatic carbocycles. The Balaban J connectivity index is 1.87. The quantitative estimate of drug-likeness (QED) is 0.364. The second-order valence-electron chi connectivity index (χ2n) is 16.3. The normalized spacial score (nSPS) is 22.6. The zero-order valence-electron chi connectivity index (χ0n) is 27.6. The van der Waals surface area contributed by atoms with Crippen LogP contribution in [0.4, 0.5) is 0 Å². The molecular weight excluding hydrogens is 551 g/mol. The number of benzene rings is 2. The van der Waals surface area contributed by atoms with E-state index in [1.807, 2.05) is 0 Å². The number of rotatable bonds is 2. The van der Waals surface area contributed by atoms with E-state index in [4.69, 9.17) is 0 Å². The van der Waals surface area contributed by atoms with Crippen LogP contribution in [0.3, 0.4) is 0 Å². The molecule has 41 heavy (non-hydrogen) atoms. The van der Waals surface area contributed by atoms with Gasteiger partial charge in [0.25, 0.3) is 0 Å². The second kappa shape index (κ2) is 10.9. The Hall–Kier alpha value is -2.11. The number of hydrogen-bond acceptors (Lipinski definition) is 2. The topological polar surface area (TPSA) is 46.5 Å². The number of fused-ring (bicyclic) bond motifs is 1. The molecule has 1 heterocycles. The summed E-state index contributed by atoms with van der Waals surface area (Å²) < 4.78 is 4.83. The van der Waals surface area contributed by atoms with Crippen LogP contribution in [0, 0.1) is 0 Å². The van der Waals surface area contributed by atoms with E-state index < -0.39 is 0 Å². The van der Waals surface area contributed by atoms with Crippen molar-refractivity contribution in [1.82, 2.24) is 0 Å². The maximum absolute atomic E-state index is 11.5. The first-order valence-corrected chi connectivity index (χ1v) is 16.2. The fourth-order valence-corrected chi connectivity index (χ4v) is 7.45. The van der Waals surface area contributed by atoms with Crippen LogP contribution in [0.15, 0.2) is 24.3 Å². The molecule has 5 heteroatoms. The van der Waals surface area contributed by atoms with Gasteiger partial charge in [-0.1, -0.05) is 0 Å². The van der Waals surface area contributed by atoms with Crippen molar-refractivity contribution in [1.29, 1.82) is 0 Å². The van der Waals surface area contributed by atoms with Crippen LogP contribution >= 0.6 is 0 Å². The van der Waals surface area contributed by atoms with Gasteiger partial charge in [0.2, 0.25) is 0 Å². The summed E-state index contributed by atoms with van der Waals surface area (Å²) in [6.45, 7) is 26.4. The molecule has 1 saturated carbocycles. The fourth-order valence-electron chi connectivity index (χ4n) is 5.83. The molecule has 4 rings (SSSR count). The van der Waals surface area contributed by atoms with Crippen LogP contribution in [-0.2, 0) is 36.8 Å². The predicted molar refractivity (Wildman–Crippen MR) is 168 cm³/mol. The van der Waals surface area contributed by atoms with Crippen molar-refractivity contribution in [2.75, 3.05) is 0 Å². The summed E-state index contributed by atoms with van der Waals surface area (Å²) in [6, 6.07) is 9.47. The third-order valence-electron chi connectivity index (χ3n) is 8.59. The molecule has 0 spiro atoms. The summed E-state index contributed by atoms with van der Waals surface area (Å²) in [5.74, 6) is 0.778. The molecule has 0 aromatic heterocycles. The van der Waals surface area contributed by atoms with Crippen molar-refractivity contribution in [3.8, 4) is 11.5 Å². The van der Waals surface area contributed by atoms with Gasteiger partial charge in [0.1, 0.15) is 0 Å². The van der Waals surface area contributed by atoms with Crippen LogP contribution in [0.2, 0.25) is 0 Å². The summed E-state index contributed by atoms with van der Waals surface area (Å²) in [4.78, 5) is 0. The van der Waals surface area contributed by atoms with Crippen LogP contribution in [0.5, 0.6) is 11.5 Å². The molecule has 2 fully saturated rings. The number of phenolic OH excluding ortho intramolecular Hbond substituents is 2. The maximum atomic E-state index is 11.5. The zero-order valence-corrected chi connectivity index (χ0v) is 28.6. The Kier molecular flexibility index (Phi) is 8.43. The van der Waals surface area contributed by atoms with Crippen LogP contribution < -0.4 is 0 Å². The fraction of sp³-hybridized carbons (Fsp3) is 0.611. The van der Waals surface area contributed by atoms with E-state index in [0.29, 0.717) is 23.6 Å². The average molecular weight is 606 g/mol. The van der Waals surface area contributed by atoms with Crippen molar-refractivity contribution in [2.24, 2.45) is 0 Å². The number of hydrogen-bond donors (Lipinski definition) is 2. The Labute approximate surface area is 256 Å². The van der Waals surface area contributed by atoms with E-state index in [-0.39, 0.29) is 21.7 Å². The van der Waals surface area contributed by atoms with Crippen molar-refractivity contribution in [2.45, 2.75) is 143 Å². The Morgan fingerprint density at radius 3 is 1.22 bits per heavy atom. The summed E-state index contributed by atoms with van der Waals surface area (Å²) in [5, 5.41) is 23.0. The molecule has 2 aliphatic rings. The minimum atomic E-state index is -0.163. The average Bonchev–Trinajstić information content (AvgIpc) is 3.15. The molecule has 227 valence electrons. The molecule has 0 radical (unpaired) electrons. The molecule has 2 aromatic rings. The monoisotopic (exact) mass is 605 g/mol. The van der Waals surface area contributed by atoms with E-state index in [1.165, 1.54) is 24.0 Å². The van der Waals surface area contributed by atoms with Crippen molar-refractivity contribution in [3.05, 3.63) is 57.6 Å². The molecule has 1 aliphatic heterocycles. The van der Waals surface area contributed by atoms with E-state index in [2.05, 4.69) is 127 Å². The Bertz CT molecular complexity index is 1270. The molecule has 0 bridgehead atoms. The SMILES string of the molecule is CC(C)(C)c1cc(C=[N+]2[Co][N+](=Cc3cc(C(C)(C)C)cc(C(C)(C)C)c3O)[C@H]3CCCC[C@@H]32)c(O)c(C(C)(C)C)c1. The minimum absolute atomic E-state index is 0.0216. The molecule has 0 amide bonds. The standard InChI is InChI=1S/C36H54N2O2.Co/c1-33(2,3)25-17-23(31(39)27(19-25)35(7,8)9)21-37-29-15-13-14-16-30(29)38-22-24-18-26(34(4,5)6)20-28(32(24)40)36(10,11)12;/h17-22,29-30,39-40H,13-16H2,1-12H3;/q;+2/t29-,30-;/m0./s1. The van der Waals surface area contributed by atoms with Crippen molar-refractivity contribution >= 4 is 12.4 Å². The predicted octanol–water partition coefficient (Wildman–Crippen LogP) is 8.09. The van der Waals surface area contributed by atoms with Gasteiger partial charge in [-0.05, 0) is 0 Å². The van der Waals surface area contributed by atoms with Gasteiger partial charge in [-0.2, -0.15) is 0 Å². The Morgan fingerprint density at radius 1 is 0.585 bits per heavy atom. The molecule has 2 atom stereocenters. The number of nitrogens with zero attached hydrogens (tertiary/aromatic N) is 2. The second-order valence-corrected chi connectivity index (χ2v) is 17.6. The first-order valence-electron chi connectivity index (χ1n) is 15.3. The first-order chi connectivity index (χ1) is 18.7. The number of phenols is 2. The first kappa shape index (κ1) is 31.8. The Morgan fingerprint density at radius 2 is 0.927 bits per heavy atom. The zero-order chi connectivity index (χ0) is 30.7. The summed E-state index contributed by atoms with van der Waals surface area (Å²) in [7, 11) is 0. The molecule has 1 saturated heterocycles. The van der Waals surface area contributed by atoms with Gasteiger partial charge in [0.15, 0.2) is 0 Å². The van der Waals surface area contributed by atoms with E-state index in [1.54, 1.807) is 0 Å². The molecule has 2 N–H and O–H groups in total.